The van der Waals surface area contributed by atoms with Gasteiger partial charge >= 0.3 is 0 Å². The highest BCUT2D eigenvalue weighted by molar-refractivity contribution is 5.34. The summed E-state index contributed by atoms with van der Waals surface area (Å²) in [6, 6.07) is 8.57. The quantitative estimate of drug-likeness (QED) is 0.616. The third kappa shape index (κ3) is 3.58. The van der Waals surface area contributed by atoms with E-state index >= 15 is 0 Å². The van der Waals surface area contributed by atoms with Crippen LogP contribution in [0.3, 0.4) is 0 Å². The van der Waals surface area contributed by atoms with Gasteiger partial charge in [0.1, 0.15) is 0 Å². The van der Waals surface area contributed by atoms with E-state index in [1.165, 1.54) is 51.5 Å². The summed E-state index contributed by atoms with van der Waals surface area (Å²) in [5, 5.41) is 11.1. The van der Waals surface area contributed by atoms with Crippen LogP contribution in [0.4, 0.5) is 5.69 Å². The van der Waals surface area contributed by atoms with Gasteiger partial charge in [0.2, 0.25) is 0 Å². The van der Waals surface area contributed by atoms with Crippen LogP contribution in [-0.2, 0) is 6.54 Å². The van der Waals surface area contributed by atoms with E-state index in [0.717, 1.165) is 31.1 Å². The molecule has 25 heavy (non-hydrogen) atoms. The van der Waals surface area contributed by atoms with Crippen LogP contribution in [0, 0.1) is 16.0 Å². The molecule has 0 unspecified atom stereocenters. The second kappa shape index (κ2) is 7.42. The monoisotopic (exact) mass is 343 g/mol. The maximum absolute atomic E-state index is 11.1. The maximum atomic E-state index is 11.1. The fourth-order valence-corrected chi connectivity index (χ4v) is 5.44. The number of benzene rings is 1. The maximum Gasteiger partial charge on any atom is 0.269 e. The first kappa shape index (κ1) is 17.0. The van der Waals surface area contributed by atoms with Gasteiger partial charge in [-0.05, 0) is 43.7 Å². The van der Waals surface area contributed by atoms with Crippen molar-refractivity contribution < 1.29 is 4.92 Å². The Kier molecular flexibility index (Phi) is 5.04. The van der Waals surface area contributed by atoms with Crippen molar-refractivity contribution in [3.8, 4) is 0 Å². The predicted octanol–water partition coefficient (Wildman–Crippen LogP) is 3.82. The van der Waals surface area contributed by atoms with Crippen molar-refractivity contribution >= 4 is 5.69 Å². The number of nitro groups is 1. The average Bonchev–Trinajstić information content (AvgIpc) is 3.11. The molecule has 3 aliphatic rings. The molecule has 0 bridgehead atoms. The van der Waals surface area contributed by atoms with E-state index in [-0.39, 0.29) is 10.6 Å². The van der Waals surface area contributed by atoms with Crippen LogP contribution >= 0.6 is 0 Å². The topological polar surface area (TPSA) is 49.6 Å². The molecule has 0 N–H and O–H groups in total. The lowest BCUT2D eigenvalue weighted by Gasteiger charge is -2.49. The molecule has 1 aromatic rings. The summed E-state index contributed by atoms with van der Waals surface area (Å²) < 4.78 is 0. The van der Waals surface area contributed by atoms with Crippen LogP contribution in [0.5, 0.6) is 0 Å². The molecule has 0 aromatic heterocycles. The van der Waals surface area contributed by atoms with Crippen LogP contribution in [0.15, 0.2) is 24.3 Å². The van der Waals surface area contributed by atoms with Gasteiger partial charge < -0.3 is 0 Å². The molecular weight excluding hydrogens is 314 g/mol. The molecule has 0 radical (unpaired) electrons. The molecule has 136 valence electrons. The van der Waals surface area contributed by atoms with Gasteiger partial charge in [-0.1, -0.05) is 31.4 Å². The van der Waals surface area contributed by atoms with Gasteiger partial charge in [0, 0.05) is 43.9 Å². The Morgan fingerprint density at radius 2 is 1.88 bits per heavy atom. The van der Waals surface area contributed by atoms with Crippen molar-refractivity contribution in [1.82, 2.24) is 9.80 Å². The standard InChI is InChI=1S/C20H29N3O2/c24-23(25)18-9-4-6-16(14-18)15-22-13-12-21-11-5-10-19(21)20(22)17-7-2-1-3-8-17/h4,6,9,14,17,19-20H,1-3,5,7-8,10-13,15H2/t19-,20-/m1/s1. The SMILES string of the molecule is O=[N+]([O-])c1cccc(CN2CCN3CCC[C@@H]3[C@H]2C2CCCCC2)c1. The molecule has 4 rings (SSSR count). The molecule has 3 fully saturated rings. The van der Waals surface area contributed by atoms with Crippen molar-refractivity contribution in [1.29, 1.82) is 0 Å². The third-order valence-electron chi connectivity index (χ3n) is 6.54. The van der Waals surface area contributed by atoms with E-state index in [1.54, 1.807) is 12.1 Å². The van der Waals surface area contributed by atoms with Crippen molar-refractivity contribution in [3.63, 3.8) is 0 Å². The first-order chi connectivity index (χ1) is 12.2. The number of fused-ring (bicyclic) bond motifs is 1. The number of non-ortho nitro benzene ring substituents is 1. The summed E-state index contributed by atoms with van der Waals surface area (Å²) in [5.41, 5.74) is 1.30. The summed E-state index contributed by atoms with van der Waals surface area (Å²) in [6.45, 7) is 4.37. The second-order valence-electron chi connectivity index (χ2n) is 8.03. The van der Waals surface area contributed by atoms with Crippen LogP contribution in [0.25, 0.3) is 0 Å². The number of piperazine rings is 1. The minimum Gasteiger partial charge on any atom is -0.298 e. The number of nitro benzene ring substituents is 1. The molecule has 2 atom stereocenters. The number of nitrogens with zero attached hydrogens (tertiary/aromatic N) is 3. The number of hydrogen-bond acceptors (Lipinski definition) is 4. The lowest BCUT2D eigenvalue weighted by molar-refractivity contribution is -0.384. The van der Waals surface area contributed by atoms with Gasteiger partial charge in [0.15, 0.2) is 0 Å². The number of rotatable bonds is 4. The Hall–Kier alpha value is -1.46. The molecule has 1 saturated carbocycles. The molecule has 2 heterocycles. The van der Waals surface area contributed by atoms with E-state index in [1.807, 2.05) is 12.1 Å². The summed E-state index contributed by atoms with van der Waals surface area (Å²) in [5.74, 6) is 0.804. The van der Waals surface area contributed by atoms with Crippen LogP contribution in [-0.4, -0.2) is 46.4 Å². The highest BCUT2D eigenvalue weighted by Gasteiger charge is 2.42. The van der Waals surface area contributed by atoms with Gasteiger partial charge in [-0.25, -0.2) is 0 Å². The van der Waals surface area contributed by atoms with E-state index in [9.17, 15) is 10.1 Å². The highest BCUT2D eigenvalue weighted by atomic mass is 16.6. The van der Waals surface area contributed by atoms with Gasteiger partial charge in [-0.3, -0.25) is 19.9 Å². The molecule has 2 saturated heterocycles. The van der Waals surface area contributed by atoms with E-state index in [2.05, 4.69) is 9.80 Å². The Morgan fingerprint density at radius 3 is 2.68 bits per heavy atom. The van der Waals surface area contributed by atoms with Gasteiger partial charge in [-0.2, -0.15) is 0 Å². The first-order valence-corrected chi connectivity index (χ1v) is 9.94. The van der Waals surface area contributed by atoms with E-state index in [0.29, 0.717) is 12.1 Å². The van der Waals surface area contributed by atoms with Gasteiger partial charge in [0.25, 0.3) is 5.69 Å². The molecule has 2 aliphatic heterocycles. The van der Waals surface area contributed by atoms with E-state index < -0.39 is 0 Å². The molecule has 1 aliphatic carbocycles. The van der Waals surface area contributed by atoms with Crippen molar-refractivity contribution in [2.75, 3.05) is 19.6 Å². The van der Waals surface area contributed by atoms with Gasteiger partial charge in [-0.15, -0.1) is 0 Å². The van der Waals surface area contributed by atoms with E-state index in [4.69, 9.17) is 0 Å². The lowest BCUT2D eigenvalue weighted by atomic mass is 9.78. The fraction of sp³-hybridized carbons (Fsp3) is 0.700. The van der Waals surface area contributed by atoms with Crippen molar-refractivity contribution in [3.05, 3.63) is 39.9 Å². The summed E-state index contributed by atoms with van der Waals surface area (Å²) >= 11 is 0. The molecule has 5 nitrogen and oxygen atoms in total. The van der Waals surface area contributed by atoms with Gasteiger partial charge in [0.05, 0.1) is 4.92 Å². The lowest BCUT2D eigenvalue weighted by Crippen LogP contribution is -2.59. The van der Waals surface area contributed by atoms with Crippen LogP contribution < -0.4 is 0 Å². The minimum atomic E-state index is -0.281. The molecule has 0 spiro atoms. The molecular formula is C20H29N3O2. The Morgan fingerprint density at radius 1 is 1.04 bits per heavy atom. The largest absolute Gasteiger partial charge is 0.298 e. The predicted molar refractivity (Wildman–Crippen MR) is 98.5 cm³/mol. The van der Waals surface area contributed by atoms with Crippen LogP contribution in [0.1, 0.15) is 50.5 Å². The second-order valence-corrected chi connectivity index (χ2v) is 8.03. The normalized spacial score (nSPS) is 28.8. The zero-order chi connectivity index (χ0) is 17.2. The summed E-state index contributed by atoms with van der Waals surface area (Å²) in [4.78, 5) is 16.2. The van der Waals surface area contributed by atoms with Crippen LogP contribution in [0.2, 0.25) is 0 Å². The zero-order valence-corrected chi connectivity index (χ0v) is 15.0. The zero-order valence-electron chi connectivity index (χ0n) is 15.0. The minimum absolute atomic E-state index is 0.214. The van der Waals surface area contributed by atoms with Crippen molar-refractivity contribution in [2.45, 2.75) is 63.6 Å². The highest BCUT2D eigenvalue weighted by Crippen LogP contribution is 2.38. The first-order valence-electron chi connectivity index (χ1n) is 9.94. The fourth-order valence-electron chi connectivity index (χ4n) is 5.44. The summed E-state index contributed by atoms with van der Waals surface area (Å²) in [6.07, 6.45) is 9.52. The van der Waals surface area contributed by atoms with Crippen molar-refractivity contribution in [2.24, 2.45) is 5.92 Å². The Bertz CT molecular complexity index is 615. The number of hydrogen-bond donors (Lipinski definition) is 0. The molecule has 5 heteroatoms. The smallest absolute Gasteiger partial charge is 0.269 e. The third-order valence-corrected chi connectivity index (χ3v) is 6.54. The Balaban J connectivity index is 1.55. The molecule has 1 aromatic carbocycles. The summed E-state index contributed by atoms with van der Waals surface area (Å²) in [7, 11) is 0. The Labute approximate surface area is 150 Å². The average molecular weight is 343 g/mol. The molecule has 0 amide bonds.